The van der Waals surface area contributed by atoms with Gasteiger partial charge in [-0.2, -0.15) is 0 Å². The lowest BCUT2D eigenvalue weighted by Crippen LogP contribution is -2.40. The van der Waals surface area contributed by atoms with E-state index in [9.17, 15) is 9.59 Å². The van der Waals surface area contributed by atoms with Crippen LogP contribution >= 0.6 is 0 Å². The van der Waals surface area contributed by atoms with E-state index < -0.39 is 0 Å². The maximum absolute atomic E-state index is 12.1. The number of hydrogen-bond acceptors (Lipinski definition) is 2. The second kappa shape index (κ2) is 4.78. The number of hydrogen-bond donors (Lipinski definition) is 0. The third-order valence-corrected chi connectivity index (χ3v) is 7.40. The number of ketones is 2. The molecule has 1 saturated carbocycles. The highest BCUT2D eigenvalue weighted by Gasteiger charge is 2.54. The first-order valence-electron chi connectivity index (χ1n) is 9.03. The van der Waals surface area contributed by atoms with Gasteiger partial charge in [0.2, 0.25) is 0 Å². The van der Waals surface area contributed by atoms with E-state index in [1.807, 2.05) is 6.08 Å². The van der Waals surface area contributed by atoms with Crippen LogP contribution in [-0.2, 0) is 9.59 Å². The largest absolute Gasteiger partial charge is 0.300 e. The molecule has 0 heterocycles. The molecule has 0 aromatic heterocycles. The van der Waals surface area contributed by atoms with Crippen LogP contribution in [-0.4, -0.2) is 11.6 Å². The van der Waals surface area contributed by atoms with Gasteiger partial charge in [-0.1, -0.05) is 29.7 Å². The summed E-state index contributed by atoms with van der Waals surface area (Å²) >= 11 is 0. The average molecular weight is 310 g/mol. The molecule has 0 N–H and O–H groups in total. The van der Waals surface area contributed by atoms with Crippen LogP contribution in [0.4, 0.5) is 0 Å². The lowest BCUT2D eigenvalue weighted by molar-refractivity contribution is -0.124. The van der Waals surface area contributed by atoms with Crippen LogP contribution in [0.2, 0.25) is 0 Å². The highest BCUT2D eigenvalue weighted by molar-refractivity contribution is 6.01. The summed E-state index contributed by atoms with van der Waals surface area (Å²) in [5, 5.41) is 0. The average Bonchev–Trinajstić information content (AvgIpc) is 2.85. The molecule has 0 unspecified atom stereocenters. The number of rotatable bonds is 1. The monoisotopic (exact) mass is 310 g/mol. The molecule has 4 rings (SSSR count). The summed E-state index contributed by atoms with van der Waals surface area (Å²) in [6.07, 6.45) is 12.3. The molecule has 4 atom stereocenters. The molecule has 122 valence electrons. The molecule has 1 fully saturated rings. The van der Waals surface area contributed by atoms with Gasteiger partial charge in [0.1, 0.15) is 5.78 Å². The molecule has 2 nitrogen and oxygen atoms in total. The highest BCUT2D eigenvalue weighted by Crippen LogP contribution is 2.63. The standard InChI is InChI=1S/C21H26O2/c1-13(22)17-6-7-18-16-5-4-14-12-15(23)8-10-20(14,2)19(16)9-11-21(17,18)3/h8,10,12,17-18H,4-7,9,11H2,1-3H3/t17-,18+,20+,21-/m1/s1. The van der Waals surface area contributed by atoms with E-state index in [-0.39, 0.29) is 22.5 Å². The maximum Gasteiger partial charge on any atom is 0.178 e. The summed E-state index contributed by atoms with van der Waals surface area (Å²) < 4.78 is 0. The minimum absolute atomic E-state index is 0.0445. The summed E-state index contributed by atoms with van der Waals surface area (Å²) in [5.41, 5.74) is 4.60. The molecule has 0 radical (unpaired) electrons. The van der Waals surface area contributed by atoms with E-state index in [0.717, 1.165) is 38.5 Å². The number of fused-ring (bicyclic) bond motifs is 4. The van der Waals surface area contributed by atoms with E-state index in [4.69, 9.17) is 0 Å². The van der Waals surface area contributed by atoms with Gasteiger partial charge in [0.15, 0.2) is 5.78 Å². The van der Waals surface area contributed by atoms with E-state index >= 15 is 0 Å². The summed E-state index contributed by atoms with van der Waals surface area (Å²) in [6, 6.07) is 0. The van der Waals surface area contributed by atoms with Crippen LogP contribution in [0.15, 0.2) is 34.9 Å². The molecule has 2 heteroatoms. The molecule has 0 saturated heterocycles. The molecule has 0 spiro atoms. The van der Waals surface area contributed by atoms with E-state index in [2.05, 4.69) is 19.9 Å². The fraction of sp³-hybridized carbons (Fsp3) is 0.619. The Balaban J connectivity index is 1.79. The number of carbonyl (C=O) groups is 2. The molecule has 0 aromatic carbocycles. The topological polar surface area (TPSA) is 34.1 Å². The Kier molecular flexibility index (Phi) is 3.14. The van der Waals surface area contributed by atoms with Crippen molar-refractivity contribution >= 4 is 11.6 Å². The second-order valence-electron chi connectivity index (χ2n) is 8.41. The van der Waals surface area contributed by atoms with Crippen molar-refractivity contribution in [1.82, 2.24) is 0 Å². The molecule has 0 aliphatic heterocycles. The van der Waals surface area contributed by atoms with E-state index in [0.29, 0.717) is 11.7 Å². The minimum atomic E-state index is -0.0445. The van der Waals surface area contributed by atoms with Crippen molar-refractivity contribution in [2.45, 2.75) is 59.3 Å². The fourth-order valence-corrected chi connectivity index (χ4v) is 6.13. The zero-order valence-corrected chi connectivity index (χ0v) is 14.4. The highest BCUT2D eigenvalue weighted by atomic mass is 16.1. The molecule has 0 amide bonds. The molecular weight excluding hydrogens is 284 g/mol. The van der Waals surface area contributed by atoms with Gasteiger partial charge >= 0.3 is 0 Å². The van der Waals surface area contributed by atoms with Crippen molar-refractivity contribution in [3.05, 3.63) is 34.9 Å². The number of Topliss-reactive ketones (excluding diaryl/α,β-unsaturated/α-hetero) is 1. The van der Waals surface area contributed by atoms with Gasteiger partial charge in [-0.15, -0.1) is 0 Å². The van der Waals surface area contributed by atoms with Gasteiger partial charge in [0.25, 0.3) is 0 Å². The zero-order chi connectivity index (χ0) is 16.4. The van der Waals surface area contributed by atoms with Crippen molar-refractivity contribution in [1.29, 1.82) is 0 Å². The van der Waals surface area contributed by atoms with Crippen molar-refractivity contribution in [2.24, 2.45) is 22.7 Å². The second-order valence-corrected chi connectivity index (χ2v) is 8.41. The van der Waals surface area contributed by atoms with Crippen molar-refractivity contribution < 1.29 is 9.59 Å². The van der Waals surface area contributed by atoms with Crippen molar-refractivity contribution in [3.63, 3.8) is 0 Å². The van der Waals surface area contributed by atoms with E-state index in [1.165, 1.54) is 5.57 Å². The molecule has 4 aliphatic carbocycles. The van der Waals surface area contributed by atoms with Crippen LogP contribution in [0.25, 0.3) is 0 Å². The third-order valence-electron chi connectivity index (χ3n) is 7.40. The molecule has 4 aliphatic rings. The fourth-order valence-electron chi connectivity index (χ4n) is 6.13. The maximum atomic E-state index is 12.1. The first kappa shape index (κ1) is 15.1. The Hall–Kier alpha value is -1.44. The lowest BCUT2D eigenvalue weighted by Gasteiger charge is -2.49. The normalized spacial score (nSPS) is 42.0. The molecular formula is C21H26O2. The first-order chi connectivity index (χ1) is 10.9. The number of allylic oxidation sites excluding steroid dienone is 6. The molecule has 23 heavy (non-hydrogen) atoms. The third kappa shape index (κ3) is 1.93. The Morgan fingerprint density at radius 1 is 1.17 bits per heavy atom. The summed E-state index contributed by atoms with van der Waals surface area (Å²) in [6.45, 7) is 6.42. The van der Waals surface area contributed by atoms with Crippen molar-refractivity contribution in [3.8, 4) is 0 Å². The van der Waals surface area contributed by atoms with E-state index in [1.54, 1.807) is 24.1 Å². The lowest BCUT2D eigenvalue weighted by atomic mass is 9.54. The summed E-state index contributed by atoms with van der Waals surface area (Å²) in [4.78, 5) is 23.9. The number of carbonyl (C=O) groups excluding carboxylic acids is 2. The van der Waals surface area contributed by atoms with Crippen LogP contribution in [0.3, 0.4) is 0 Å². The smallest absolute Gasteiger partial charge is 0.178 e. The van der Waals surface area contributed by atoms with Crippen LogP contribution < -0.4 is 0 Å². The van der Waals surface area contributed by atoms with Gasteiger partial charge in [0, 0.05) is 11.3 Å². The quantitative estimate of drug-likeness (QED) is 0.665. The zero-order valence-electron chi connectivity index (χ0n) is 14.4. The Labute approximate surface area is 138 Å². The van der Waals surface area contributed by atoms with Crippen LogP contribution in [0.5, 0.6) is 0 Å². The van der Waals surface area contributed by atoms with Gasteiger partial charge in [-0.05, 0) is 75.9 Å². The van der Waals surface area contributed by atoms with Crippen LogP contribution in [0, 0.1) is 22.7 Å². The van der Waals surface area contributed by atoms with Gasteiger partial charge in [-0.25, -0.2) is 0 Å². The first-order valence-corrected chi connectivity index (χ1v) is 9.03. The Bertz CT molecular complexity index is 693. The van der Waals surface area contributed by atoms with Crippen LogP contribution in [0.1, 0.15) is 59.3 Å². The summed E-state index contributed by atoms with van der Waals surface area (Å²) in [5.74, 6) is 1.34. The Morgan fingerprint density at radius 3 is 2.70 bits per heavy atom. The SMILES string of the molecule is CC(=O)[C@H]1CC[C@H]2C3=C(CC[C@]12C)[C@@]1(C)C=CC(=O)C=C1CC3. The predicted molar refractivity (Wildman–Crippen MR) is 90.8 cm³/mol. The van der Waals surface area contributed by atoms with Gasteiger partial charge < -0.3 is 0 Å². The predicted octanol–water partition coefficient (Wildman–Crippen LogP) is 4.56. The van der Waals surface area contributed by atoms with Gasteiger partial charge in [0.05, 0.1) is 0 Å². The molecule has 0 aromatic rings. The van der Waals surface area contributed by atoms with Crippen molar-refractivity contribution in [2.75, 3.05) is 0 Å². The minimum Gasteiger partial charge on any atom is -0.300 e. The summed E-state index contributed by atoms with van der Waals surface area (Å²) in [7, 11) is 0. The Morgan fingerprint density at radius 2 is 1.96 bits per heavy atom. The molecule has 0 bridgehead atoms. The van der Waals surface area contributed by atoms with Gasteiger partial charge in [-0.3, -0.25) is 9.59 Å².